The van der Waals surface area contributed by atoms with Gasteiger partial charge in [-0.05, 0) is 57.4 Å². The minimum atomic E-state index is -0.980. The van der Waals surface area contributed by atoms with E-state index in [0.717, 1.165) is 31.3 Å². The Labute approximate surface area is 220 Å². The summed E-state index contributed by atoms with van der Waals surface area (Å²) >= 11 is 0. The fourth-order valence-electron chi connectivity index (χ4n) is 5.44. The van der Waals surface area contributed by atoms with Crippen molar-refractivity contribution in [2.24, 2.45) is 5.92 Å². The fraction of sp³-hybridized carbons (Fsp3) is 0.633. The Morgan fingerprint density at radius 2 is 1.86 bits per heavy atom. The van der Waals surface area contributed by atoms with Gasteiger partial charge >= 0.3 is 5.97 Å². The Kier molecular flexibility index (Phi) is 9.96. The predicted octanol–water partition coefficient (Wildman–Crippen LogP) is 4.11. The first kappa shape index (κ1) is 28.0. The van der Waals surface area contributed by atoms with E-state index in [1.807, 2.05) is 18.2 Å². The highest BCUT2D eigenvalue weighted by Crippen LogP contribution is 2.34. The molecule has 0 aromatic carbocycles. The number of carbonyl (C=O) groups is 1. The number of fused-ring (bicyclic) bond motifs is 3. The zero-order valence-electron chi connectivity index (χ0n) is 22.0. The van der Waals surface area contributed by atoms with E-state index in [4.69, 9.17) is 18.9 Å². The molecule has 4 aliphatic heterocycles. The quantitative estimate of drug-likeness (QED) is 0.325. The zero-order chi connectivity index (χ0) is 26.4. The van der Waals surface area contributed by atoms with Crippen molar-refractivity contribution in [2.75, 3.05) is 6.61 Å². The maximum absolute atomic E-state index is 12.6. The molecule has 4 heterocycles. The number of hydrogen-bond acceptors (Lipinski definition) is 7. The Hall–Kier alpha value is -2.03. The molecule has 0 unspecified atom stereocenters. The SMILES string of the molecule is C=C1C[C@H](C)C[C@@H]2CC=C[C@@H](CC=CC(=O)O[C@@H](C=C[C@@H]3CC(C)=CCO3)[C@@H](O)C[C@@H]3O[C@@H]3[C@@H](O)C1)O2. The first-order valence-electron chi connectivity index (χ1n) is 13.6. The summed E-state index contributed by atoms with van der Waals surface area (Å²) in [5.74, 6) is -0.149. The minimum Gasteiger partial charge on any atom is -0.452 e. The first-order valence-corrected chi connectivity index (χ1v) is 13.6. The molecule has 7 heteroatoms. The minimum absolute atomic E-state index is 0.0904. The van der Waals surface area contributed by atoms with Crippen molar-refractivity contribution in [3.8, 4) is 0 Å². The van der Waals surface area contributed by atoms with Crippen LogP contribution < -0.4 is 0 Å². The molecule has 2 N–H and O–H groups in total. The summed E-state index contributed by atoms with van der Waals surface area (Å²) in [5, 5.41) is 21.7. The van der Waals surface area contributed by atoms with Crippen molar-refractivity contribution >= 4 is 5.97 Å². The lowest BCUT2D eigenvalue weighted by molar-refractivity contribution is -0.145. The molecule has 4 aliphatic rings. The second kappa shape index (κ2) is 13.2. The molecule has 2 bridgehead atoms. The van der Waals surface area contributed by atoms with Crippen LogP contribution in [0.3, 0.4) is 0 Å². The van der Waals surface area contributed by atoms with Crippen LogP contribution >= 0.6 is 0 Å². The second-order valence-electron chi connectivity index (χ2n) is 11.0. The van der Waals surface area contributed by atoms with Crippen LogP contribution in [0.2, 0.25) is 0 Å². The van der Waals surface area contributed by atoms with Crippen molar-refractivity contribution < 1.29 is 34.0 Å². The van der Waals surface area contributed by atoms with Gasteiger partial charge in [0.1, 0.15) is 12.2 Å². The summed E-state index contributed by atoms with van der Waals surface area (Å²) in [7, 11) is 0. The lowest BCUT2D eigenvalue weighted by atomic mass is 9.91. The van der Waals surface area contributed by atoms with Gasteiger partial charge in [-0.3, -0.25) is 0 Å². The summed E-state index contributed by atoms with van der Waals surface area (Å²) in [4.78, 5) is 12.6. The number of esters is 1. The average Bonchev–Trinajstić information content (AvgIpc) is 3.60. The van der Waals surface area contributed by atoms with Gasteiger partial charge in [0.15, 0.2) is 0 Å². The number of cyclic esters (lactones) is 1. The number of epoxide rings is 1. The monoisotopic (exact) mass is 514 g/mol. The third-order valence-electron chi connectivity index (χ3n) is 7.43. The van der Waals surface area contributed by atoms with Crippen molar-refractivity contribution in [1.82, 2.24) is 0 Å². The van der Waals surface area contributed by atoms with Crippen LogP contribution in [0.4, 0.5) is 0 Å². The molecular formula is C30H42O7. The number of carbonyl (C=O) groups excluding carboxylic acids is 1. The number of hydrogen-bond donors (Lipinski definition) is 2. The standard InChI is InChI=1S/C30H42O7/c1-19-12-13-34-23(15-19)10-11-27-25(31)18-28-30(37-28)26(32)17-21(3)14-20(2)16-24-8-4-6-22(35-24)7-5-9-29(33)36-27/h4-6,9-12,20,22-28,30-32H,3,7-8,13-18H2,1-2H3/t20-,22-,23+,24-,25-,26-,27-,28-,30+/m0/s1. The molecule has 204 valence electrons. The first-order chi connectivity index (χ1) is 17.8. The Morgan fingerprint density at radius 3 is 2.68 bits per heavy atom. The molecule has 0 amide bonds. The smallest absolute Gasteiger partial charge is 0.331 e. The van der Waals surface area contributed by atoms with Gasteiger partial charge in [-0.25, -0.2) is 4.79 Å². The van der Waals surface area contributed by atoms with Gasteiger partial charge in [-0.2, -0.15) is 0 Å². The molecule has 1 fully saturated rings. The Bertz CT molecular complexity index is 919. The second-order valence-corrected chi connectivity index (χ2v) is 11.0. The summed E-state index contributed by atoms with van der Waals surface area (Å²) < 4.78 is 23.3. The zero-order valence-corrected chi connectivity index (χ0v) is 22.0. The van der Waals surface area contributed by atoms with Crippen molar-refractivity contribution in [2.45, 2.75) is 108 Å². The number of rotatable bonds is 2. The molecule has 0 aromatic heterocycles. The summed E-state index contributed by atoms with van der Waals surface area (Å²) in [6, 6.07) is 0. The highest BCUT2D eigenvalue weighted by atomic mass is 16.6. The molecule has 0 saturated carbocycles. The van der Waals surface area contributed by atoms with Crippen molar-refractivity contribution in [3.05, 3.63) is 60.3 Å². The van der Waals surface area contributed by atoms with Gasteiger partial charge in [-0.15, -0.1) is 0 Å². The largest absolute Gasteiger partial charge is 0.452 e. The van der Waals surface area contributed by atoms with Gasteiger partial charge in [0.2, 0.25) is 0 Å². The van der Waals surface area contributed by atoms with Gasteiger partial charge in [0, 0.05) is 12.5 Å². The lowest BCUT2D eigenvalue weighted by Gasteiger charge is -2.28. The van der Waals surface area contributed by atoms with Crippen LogP contribution in [0.1, 0.15) is 58.8 Å². The predicted molar refractivity (Wildman–Crippen MR) is 141 cm³/mol. The van der Waals surface area contributed by atoms with Gasteiger partial charge < -0.3 is 29.2 Å². The normalized spacial score (nSPS) is 40.2. The molecule has 4 rings (SSSR count). The van der Waals surface area contributed by atoms with E-state index in [1.54, 1.807) is 12.2 Å². The fourth-order valence-corrected chi connectivity index (χ4v) is 5.44. The maximum Gasteiger partial charge on any atom is 0.331 e. The molecular weight excluding hydrogens is 472 g/mol. The Morgan fingerprint density at radius 1 is 1.03 bits per heavy atom. The molecule has 0 radical (unpaired) electrons. The van der Waals surface area contributed by atoms with Gasteiger partial charge in [-0.1, -0.05) is 55.0 Å². The van der Waals surface area contributed by atoms with Crippen LogP contribution in [0.25, 0.3) is 0 Å². The van der Waals surface area contributed by atoms with Crippen molar-refractivity contribution in [3.63, 3.8) is 0 Å². The summed E-state index contributed by atoms with van der Waals surface area (Å²) in [6.45, 7) is 8.96. The summed E-state index contributed by atoms with van der Waals surface area (Å²) in [6.07, 6.45) is 14.3. The van der Waals surface area contributed by atoms with Crippen LogP contribution in [-0.4, -0.2) is 71.6 Å². The van der Waals surface area contributed by atoms with E-state index in [2.05, 4.69) is 26.5 Å². The molecule has 9 atom stereocenters. The van der Waals surface area contributed by atoms with Crippen LogP contribution in [-0.2, 0) is 23.7 Å². The molecule has 0 spiro atoms. The number of aliphatic hydroxyl groups is 2. The van der Waals surface area contributed by atoms with E-state index < -0.39 is 24.3 Å². The van der Waals surface area contributed by atoms with Crippen LogP contribution in [0.15, 0.2) is 60.3 Å². The third kappa shape index (κ3) is 8.76. The summed E-state index contributed by atoms with van der Waals surface area (Å²) in [5.41, 5.74) is 2.23. The molecule has 0 aliphatic carbocycles. The molecule has 1 saturated heterocycles. The topological polar surface area (TPSA) is 97.8 Å². The highest BCUT2D eigenvalue weighted by Gasteiger charge is 2.46. The van der Waals surface area contributed by atoms with E-state index in [-0.39, 0.29) is 36.9 Å². The Balaban J connectivity index is 1.46. The van der Waals surface area contributed by atoms with Crippen LogP contribution in [0, 0.1) is 5.92 Å². The van der Waals surface area contributed by atoms with E-state index >= 15 is 0 Å². The molecule has 0 aromatic rings. The maximum atomic E-state index is 12.6. The number of aliphatic hydroxyl groups excluding tert-OH is 2. The highest BCUT2D eigenvalue weighted by molar-refractivity contribution is 5.82. The average molecular weight is 515 g/mol. The van der Waals surface area contributed by atoms with Crippen molar-refractivity contribution in [1.29, 1.82) is 0 Å². The molecule has 37 heavy (non-hydrogen) atoms. The lowest BCUT2D eigenvalue weighted by Crippen LogP contribution is -2.32. The molecule has 7 nitrogen and oxygen atoms in total. The van der Waals surface area contributed by atoms with Crippen LogP contribution in [0.5, 0.6) is 0 Å². The van der Waals surface area contributed by atoms with Gasteiger partial charge in [0.25, 0.3) is 0 Å². The number of ether oxygens (including phenoxy) is 4. The van der Waals surface area contributed by atoms with E-state index in [0.29, 0.717) is 25.4 Å². The van der Waals surface area contributed by atoms with E-state index in [9.17, 15) is 15.0 Å². The third-order valence-corrected chi connectivity index (χ3v) is 7.43. The van der Waals surface area contributed by atoms with E-state index in [1.165, 1.54) is 11.6 Å². The van der Waals surface area contributed by atoms with Gasteiger partial charge in [0.05, 0.1) is 43.2 Å².